The molecule has 0 unspecified atom stereocenters. The summed E-state index contributed by atoms with van der Waals surface area (Å²) in [4.78, 5) is 12.9. The van der Waals surface area contributed by atoms with Crippen LogP contribution in [0.5, 0.6) is 0 Å². The van der Waals surface area contributed by atoms with Gasteiger partial charge in [-0.1, -0.05) is 0 Å². The second-order valence-electron chi connectivity index (χ2n) is 5.53. The van der Waals surface area contributed by atoms with Crippen molar-refractivity contribution in [3.8, 4) is 6.07 Å². The van der Waals surface area contributed by atoms with Gasteiger partial charge in [0.15, 0.2) is 6.29 Å². The van der Waals surface area contributed by atoms with E-state index in [0.29, 0.717) is 31.0 Å². The minimum absolute atomic E-state index is 0.0204. The maximum absolute atomic E-state index is 11.3. The van der Waals surface area contributed by atoms with Gasteiger partial charge in [-0.2, -0.15) is 5.26 Å². The number of nitro benzene ring substituents is 1. The van der Waals surface area contributed by atoms with E-state index in [1.54, 1.807) is 12.1 Å². The Hall–Kier alpha value is -2.17. The summed E-state index contributed by atoms with van der Waals surface area (Å²) in [6, 6.07) is 6.56. The van der Waals surface area contributed by atoms with Crippen LogP contribution in [-0.4, -0.2) is 37.5 Å². The van der Waals surface area contributed by atoms with E-state index >= 15 is 0 Å². The lowest BCUT2D eigenvalue weighted by Gasteiger charge is -2.35. The molecule has 0 aliphatic carbocycles. The normalized spacial score (nSPS) is 22.5. The number of ether oxygens (including phenoxy) is 2. The second kappa shape index (κ2) is 6.30. The molecule has 0 N–H and O–H groups in total. The Labute approximate surface area is 128 Å². The molecule has 1 atom stereocenters. The first-order chi connectivity index (χ1) is 10.7. The average molecular weight is 303 g/mol. The lowest BCUT2D eigenvalue weighted by atomic mass is 9.96. The Bertz CT molecular complexity index is 607. The van der Waals surface area contributed by atoms with Crippen molar-refractivity contribution in [1.82, 2.24) is 0 Å². The van der Waals surface area contributed by atoms with Crippen LogP contribution < -0.4 is 4.90 Å². The number of hydrogen-bond donors (Lipinski definition) is 0. The van der Waals surface area contributed by atoms with Crippen molar-refractivity contribution in [3.05, 3.63) is 33.9 Å². The molecule has 3 rings (SSSR count). The van der Waals surface area contributed by atoms with Crippen molar-refractivity contribution in [1.29, 1.82) is 5.26 Å². The fourth-order valence-electron chi connectivity index (χ4n) is 3.11. The van der Waals surface area contributed by atoms with Crippen LogP contribution in [0.2, 0.25) is 0 Å². The zero-order chi connectivity index (χ0) is 15.5. The number of piperidine rings is 1. The van der Waals surface area contributed by atoms with Crippen LogP contribution in [0.25, 0.3) is 0 Å². The number of nitrogens with zero attached hydrogens (tertiary/aromatic N) is 3. The summed E-state index contributed by atoms with van der Waals surface area (Å²) in [5, 5.41) is 20.2. The van der Waals surface area contributed by atoms with Crippen LogP contribution in [0.15, 0.2) is 18.2 Å². The molecule has 0 radical (unpaired) electrons. The fraction of sp³-hybridized carbons (Fsp3) is 0.533. The summed E-state index contributed by atoms with van der Waals surface area (Å²) >= 11 is 0. The predicted octanol–water partition coefficient (Wildman–Crippen LogP) is 2.06. The molecule has 2 aliphatic heterocycles. The SMILES string of the molecule is N#Cc1ccc(N2CCC[C@@H](C3OCCO3)C2)c([N+](=O)[O-])c1. The van der Waals surface area contributed by atoms with Gasteiger partial charge in [-0.3, -0.25) is 10.1 Å². The molecule has 2 heterocycles. The van der Waals surface area contributed by atoms with E-state index in [9.17, 15) is 10.1 Å². The van der Waals surface area contributed by atoms with Crippen molar-refractivity contribution >= 4 is 11.4 Å². The van der Waals surface area contributed by atoms with Gasteiger partial charge in [-0.05, 0) is 25.0 Å². The third-order valence-corrected chi connectivity index (χ3v) is 4.13. The van der Waals surface area contributed by atoms with Gasteiger partial charge < -0.3 is 14.4 Å². The van der Waals surface area contributed by atoms with Gasteiger partial charge in [0, 0.05) is 25.1 Å². The minimum atomic E-state index is -0.428. The molecule has 116 valence electrons. The summed E-state index contributed by atoms with van der Waals surface area (Å²) in [5.74, 6) is 0.214. The smallest absolute Gasteiger partial charge is 0.293 e. The molecule has 0 spiro atoms. The lowest BCUT2D eigenvalue weighted by Crippen LogP contribution is -2.41. The van der Waals surface area contributed by atoms with Crippen molar-refractivity contribution in [2.24, 2.45) is 5.92 Å². The predicted molar refractivity (Wildman–Crippen MR) is 78.4 cm³/mol. The lowest BCUT2D eigenvalue weighted by molar-refractivity contribution is -0.384. The molecule has 1 aromatic carbocycles. The summed E-state index contributed by atoms with van der Waals surface area (Å²) in [6.07, 6.45) is 1.72. The van der Waals surface area contributed by atoms with Crippen molar-refractivity contribution in [3.63, 3.8) is 0 Å². The first kappa shape index (κ1) is 14.8. The number of benzene rings is 1. The molecule has 22 heavy (non-hydrogen) atoms. The van der Waals surface area contributed by atoms with E-state index in [-0.39, 0.29) is 17.9 Å². The van der Waals surface area contributed by atoms with Crippen LogP contribution >= 0.6 is 0 Å². The summed E-state index contributed by atoms with van der Waals surface area (Å²) < 4.78 is 11.1. The fourth-order valence-corrected chi connectivity index (χ4v) is 3.11. The largest absolute Gasteiger partial charge is 0.366 e. The number of rotatable bonds is 3. The first-order valence-corrected chi connectivity index (χ1v) is 7.36. The molecule has 7 nitrogen and oxygen atoms in total. The Kier molecular flexibility index (Phi) is 4.22. The zero-order valence-electron chi connectivity index (χ0n) is 12.1. The standard InChI is InChI=1S/C15H17N3O4/c16-9-11-3-4-13(14(8-11)18(19)20)17-5-1-2-12(10-17)15-21-6-7-22-15/h3-4,8,12,15H,1-2,5-7,10H2/t12-/m1/s1. The number of nitriles is 1. The topological polar surface area (TPSA) is 88.6 Å². The Morgan fingerprint density at radius 2 is 2.14 bits per heavy atom. The summed E-state index contributed by atoms with van der Waals surface area (Å²) in [6.45, 7) is 2.64. The molecule has 1 aromatic rings. The molecule has 0 aromatic heterocycles. The van der Waals surface area contributed by atoms with Crippen LogP contribution in [-0.2, 0) is 9.47 Å². The Balaban J connectivity index is 1.83. The molecule has 0 saturated carbocycles. The zero-order valence-corrected chi connectivity index (χ0v) is 12.1. The van der Waals surface area contributed by atoms with E-state index in [2.05, 4.69) is 0 Å². The Morgan fingerprint density at radius 1 is 1.36 bits per heavy atom. The van der Waals surface area contributed by atoms with Gasteiger partial charge in [0.1, 0.15) is 5.69 Å². The highest BCUT2D eigenvalue weighted by atomic mass is 16.7. The monoisotopic (exact) mass is 303 g/mol. The number of anilines is 1. The summed E-state index contributed by atoms with van der Waals surface area (Å²) in [5.41, 5.74) is 0.839. The van der Waals surface area contributed by atoms with Crippen LogP contribution in [0.1, 0.15) is 18.4 Å². The van der Waals surface area contributed by atoms with Gasteiger partial charge in [-0.15, -0.1) is 0 Å². The van der Waals surface area contributed by atoms with E-state index < -0.39 is 4.92 Å². The first-order valence-electron chi connectivity index (χ1n) is 7.36. The quantitative estimate of drug-likeness (QED) is 0.627. The van der Waals surface area contributed by atoms with E-state index in [1.165, 1.54) is 6.07 Å². The van der Waals surface area contributed by atoms with Gasteiger partial charge in [-0.25, -0.2) is 0 Å². The molecule has 0 bridgehead atoms. The van der Waals surface area contributed by atoms with Crippen LogP contribution in [0.3, 0.4) is 0 Å². The summed E-state index contributed by atoms with van der Waals surface area (Å²) in [7, 11) is 0. The maximum Gasteiger partial charge on any atom is 0.293 e. The molecule has 2 saturated heterocycles. The van der Waals surface area contributed by atoms with Crippen molar-refractivity contribution in [2.75, 3.05) is 31.2 Å². The van der Waals surface area contributed by atoms with E-state index in [4.69, 9.17) is 14.7 Å². The van der Waals surface area contributed by atoms with Gasteiger partial charge >= 0.3 is 0 Å². The molecule has 2 fully saturated rings. The Morgan fingerprint density at radius 3 is 2.82 bits per heavy atom. The van der Waals surface area contributed by atoms with Gasteiger partial charge in [0.05, 0.1) is 29.8 Å². The average Bonchev–Trinajstić information content (AvgIpc) is 3.09. The minimum Gasteiger partial charge on any atom is -0.366 e. The highest BCUT2D eigenvalue weighted by Gasteiger charge is 2.33. The molecule has 0 amide bonds. The molecular weight excluding hydrogens is 286 g/mol. The third-order valence-electron chi connectivity index (χ3n) is 4.13. The number of nitro groups is 1. The van der Waals surface area contributed by atoms with Crippen LogP contribution in [0, 0.1) is 27.4 Å². The number of hydrogen-bond acceptors (Lipinski definition) is 6. The van der Waals surface area contributed by atoms with E-state index in [1.807, 2.05) is 11.0 Å². The van der Waals surface area contributed by atoms with Crippen molar-refractivity contribution in [2.45, 2.75) is 19.1 Å². The van der Waals surface area contributed by atoms with Crippen LogP contribution in [0.4, 0.5) is 11.4 Å². The maximum atomic E-state index is 11.3. The second-order valence-corrected chi connectivity index (χ2v) is 5.53. The molecule has 7 heteroatoms. The highest BCUT2D eigenvalue weighted by Crippen LogP contribution is 2.34. The van der Waals surface area contributed by atoms with Crippen molar-refractivity contribution < 1.29 is 14.4 Å². The molecule has 2 aliphatic rings. The van der Waals surface area contributed by atoms with Gasteiger partial charge in [0.25, 0.3) is 5.69 Å². The van der Waals surface area contributed by atoms with Gasteiger partial charge in [0.2, 0.25) is 0 Å². The van der Waals surface area contributed by atoms with E-state index in [0.717, 1.165) is 19.4 Å². The third kappa shape index (κ3) is 2.89. The highest BCUT2D eigenvalue weighted by molar-refractivity contribution is 5.65. The molecular formula is C15H17N3O4.